The summed E-state index contributed by atoms with van der Waals surface area (Å²) in [4.78, 5) is 24.3. The Hall–Kier alpha value is -3.28. The van der Waals surface area contributed by atoms with Crippen LogP contribution in [0.3, 0.4) is 0 Å². The molecule has 0 radical (unpaired) electrons. The smallest absolute Gasteiger partial charge is 0.202 e. The molecule has 0 saturated carbocycles. The van der Waals surface area contributed by atoms with Crippen LogP contribution < -0.4 is 4.74 Å². The van der Waals surface area contributed by atoms with Crippen LogP contribution in [0, 0.1) is 6.92 Å². The van der Waals surface area contributed by atoms with Gasteiger partial charge in [-0.1, -0.05) is 6.08 Å². The zero-order chi connectivity index (χ0) is 17.4. The molecule has 1 aliphatic rings. The number of hydrogen-bond donors (Lipinski definition) is 3. The number of benzene rings is 2. The number of ketones is 1. The van der Waals surface area contributed by atoms with Gasteiger partial charge in [-0.15, -0.1) is 0 Å². The van der Waals surface area contributed by atoms with Gasteiger partial charge in [0.1, 0.15) is 35.2 Å². The molecule has 0 amide bonds. The van der Waals surface area contributed by atoms with Crippen LogP contribution in [0.1, 0.15) is 37.4 Å². The van der Waals surface area contributed by atoms with E-state index in [-0.39, 0.29) is 29.0 Å². The molecule has 1 heterocycles. The second kappa shape index (κ2) is 5.73. The van der Waals surface area contributed by atoms with Crippen LogP contribution in [0.5, 0.6) is 23.0 Å². The first-order valence-electron chi connectivity index (χ1n) is 7.15. The summed E-state index contributed by atoms with van der Waals surface area (Å²) in [5.41, 5.74) is 0.179. The van der Waals surface area contributed by atoms with Crippen molar-refractivity contribution in [2.75, 3.05) is 6.61 Å². The number of aryl methyl sites for hydroxylation is 1. The summed E-state index contributed by atoms with van der Waals surface area (Å²) in [6.07, 6.45) is 3.61. The molecule has 0 unspecified atom stereocenters. The van der Waals surface area contributed by atoms with Crippen LogP contribution >= 0.6 is 0 Å². The Morgan fingerprint density at radius 1 is 1.08 bits per heavy atom. The lowest BCUT2D eigenvalue weighted by atomic mass is 9.90. The number of aromatic hydroxyl groups is 3. The number of rotatable bonds is 3. The molecule has 0 aromatic heterocycles. The fraction of sp³-hybridized carbons (Fsp3) is 0.111. The van der Waals surface area contributed by atoms with Crippen molar-refractivity contribution in [3.63, 3.8) is 0 Å². The second-order valence-electron chi connectivity index (χ2n) is 5.43. The molecule has 0 saturated heterocycles. The third-order valence-electron chi connectivity index (χ3n) is 3.78. The average Bonchev–Trinajstić information content (AvgIpc) is 2.52. The molecule has 1 aliphatic heterocycles. The van der Waals surface area contributed by atoms with E-state index in [1.165, 1.54) is 18.2 Å². The van der Waals surface area contributed by atoms with Crippen molar-refractivity contribution in [1.29, 1.82) is 0 Å². The van der Waals surface area contributed by atoms with Gasteiger partial charge in [0, 0.05) is 17.2 Å². The Kier molecular flexibility index (Phi) is 3.73. The van der Waals surface area contributed by atoms with E-state index in [0.29, 0.717) is 17.4 Å². The predicted molar refractivity (Wildman–Crippen MR) is 86.0 cm³/mol. The van der Waals surface area contributed by atoms with Gasteiger partial charge in [0.05, 0.1) is 5.56 Å². The van der Waals surface area contributed by atoms with E-state index in [2.05, 4.69) is 0 Å². The largest absolute Gasteiger partial charge is 0.507 e. The minimum absolute atomic E-state index is 0.134. The van der Waals surface area contributed by atoms with Crippen molar-refractivity contribution in [2.24, 2.45) is 0 Å². The molecule has 0 bridgehead atoms. The lowest BCUT2D eigenvalue weighted by molar-refractivity contribution is 0.102. The average molecular weight is 326 g/mol. The summed E-state index contributed by atoms with van der Waals surface area (Å²) >= 11 is 0. The highest BCUT2D eigenvalue weighted by Crippen LogP contribution is 2.39. The van der Waals surface area contributed by atoms with Crippen LogP contribution in [-0.4, -0.2) is 34.0 Å². The van der Waals surface area contributed by atoms with E-state index >= 15 is 0 Å². The zero-order valence-corrected chi connectivity index (χ0v) is 12.7. The molecule has 0 fully saturated rings. The minimum atomic E-state index is -0.783. The molecule has 24 heavy (non-hydrogen) atoms. The van der Waals surface area contributed by atoms with Crippen LogP contribution in [0.25, 0.3) is 6.08 Å². The highest BCUT2D eigenvalue weighted by atomic mass is 16.5. The molecule has 0 spiro atoms. The van der Waals surface area contributed by atoms with Crippen molar-refractivity contribution in [3.8, 4) is 23.0 Å². The highest BCUT2D eigenvalue weighted by molar-refractivity contribution is 6.18. The van der Waals surface area contributed by atoms with Crippen molar-refractivity contribution in [1.82, 2.24) is 0 Å². The van der Waals surface area contributed by atoms with Crippen molar-refractivity contribution in [3.05, 3.63) is 52.1 Å². The maximum atomic E-state index is 12.9. The molecule has 0 atom stereocenters. The van der Waals surface area contributed by atoms with Gasteiger partial charge in [0.15, 0.2) is 6.29 Å². The summed E-state index contributed by atoms with van der Waals surface area (Å²) < 4.78 is 5.37. The zero-order valence-electron chi connectivity index (χ0n) is 12.7. The standard InChI is InChI=1S/C18H14O6/c1-9-5-13(21)17(14(22)6-9)18(23)16-10-3-2-4-24-15(10)7-12(20)11(16)8-19/h2-3,5-8,20-22H,4H2,1H3. The van der Waals surface area contributed by atoms with Gasteiger partial charge in [0.25, 0.3) is 0 Å². The third-order valence-corrected chi connectivity index (χ3v) is 3.78. The van der Waals surface area contributed by atoms with E-state index in [9.17, 15) is 24.9 Å². The summed E-state index contributed by atoms with van der Waals surface area (Å²) in [7, 11) is 0. The summed E-state index contributed by atoms with van der Waals surface area (Å²) in [6, 6.07) is 3.92. The van der Waals surface area contributed by atoms with E-state index in [1.807, 2.05) is 0 Å². The van der Waals surface area contributed by atoms with Gasteiger partial charge >= 0.3 is 0 Å². The second-order valence-corrected chi connectivity index (χ2v) is 5.43. The van der Waals surface area contributed by atoms with E-state index in [1.54, 1.807) is 19.1 Å². The number of hydrogen-bond acceptors (Lipinski definition) is 6. The Bertz CT molecular complexity index is 872. The van der Waals surface area contributed by atoms with E-state index in [0.717, 1.165) is 0 Å². The number of phenols is 3. The molecule has 3 N–H and O–H groups in total. The van der Waals surface area contributed by atoms with Gasteiger partial charge in [-0.05, 0) is 30.7 Å². The van der Waals surface area contributed by atoms with Crippen LogP contribution in [0.4, 0.5) is 0 Å². The van der Waals surface area contributed by atoms with E-state index in [4.69, 9.17) is 4.74 Å². The number of fused-ring (bicyclic) bond motifs is 1. The highest BCUT2D eigenvalue weighted by Gasteiger charge is 2.28. The molecule has 0 aliphatic carbocycles. The Balaban J connectivity index is 2.31. The fourth-order valence-corrected chi connectivity index (χ4v) is 2.73. The normalized spacial score (nSPS) is 12.4. The topological polar surface area (TPSA) is 104 Å². The third kappa shape index (κ3) is 2.38. The number of phenolic OH excluding ortho intramolecular Hbond substituents is 3. The number of carbonyl (C=O) groups excluding carboxylic acids is 2. The van der Waals surface area contributed by atoms with Crippen molar-refractivity contribution in [2.45, 2.75) is 6.92 Å². The predicted octanol–water partition coefficient (Wildman–Crippen LogP) is 2.56. The molecule has 122 valence electrons. The first-order chi connectivity index (χ1) is 11.4. The summed E-state index contributed by atoms with van der Waals surface area (Å²) in [6.45, 7) is 1.92. The van der Waals surface area contributed by atoms with Gasteiger partial charge in [-0.2, -0.15) is 0 Å². The van der Waals surface area contributed by atoms with Gasteiger partial charge in [0.2, 0.25) is 5.78 Å². The Morgan fingerprint density at radius 3 is 2.38 bits per heavy atom. The number of ether oxygens (including phenoxy) is 1. The quantitative estimate of drug-likeness (QED) is 0.591. The molecule has 6 heteroatoms. The maximum Gasteiger partial charge on any atom is 0.202 e. The summed E-state index contributed by atoms with van der Waals surface area (Å²) in [5, 5.41) is 30.1. The maximum absolute atomic E-state index is 12.9. The van der Waals surface area contributed by atoms with Gasteiger partial charge in [-0.3, -0.25) is 9.59 Å². The van der Waals surface area contributed by atoms with E-state index < -0.39 is 23.0 Å². The molecular formula is C18H14O6. The van der Waals surface area contributed by atoms with Crippen LogP contribution in [0.2, 0.25) is 0 Å². The molecule has 3 rings (SSSR count). The fourth-order valence-electron chi connectivity index (χ4n) is 2.73. The monoisotopic (exact) mass is 326 g/mol. The molecule has 6 nitrogen and oxygen atoms in total. The Morgan fingerprint density at radius 2 is 1.75 bits per heavy atom. The molecule has 2 aromatic carbocycles. The summed E-state index contributed by atoms with van der Waals surface area (Å²) in [5.74, 6) is -1.77. The lowest BCUT2D eigenvalue weighted by Gasteiger charge is -2.18. The number of aldehydes is 1. The van der Waals surface area contributed by atoms with Crippen molar-refractivity contribution >= 4 is 18.1 Å². The van der Waals surface area contributed by atoms with Crippen LogP contribution in [-0.2, 0) is 0 Å². The minimum Gasteiger partial charge on any atom is -0.507 e. The SMILES string of the molecule is Cc1cc(O)c(C(=O)c2c(C=O)c(O)cc3c2C=CCO3)c(O)c1. The first-order valence-corrected chi connectivity index (χ1v) is 7.15. The lowest BCUT2D eigenvalue weighted by Crippen LogP contribution is -2.12. The molecular weight excluding hydrogens is 312 g/mol. The number of carbonyl (C=O) groups is 2. The van der Waals surface area contributed by atoms with Gasteiger partial charge < -0.3 is 20.1 Å². The van der Waals surface area contributed by atoms with Crippen molar-refractivity contribution < 1.29 is 29.6 Å². The molecule has 2 aromatic rings. The Labute approximate surface area is 137 Å². The first kappa shape index (κ1) is 15.6. The van der Waals surface area contributed by atoms with Gasteiger partial charge in [-0.25, -0.2) is 0 Å². The van der Waals surface area contributed by atoms with Crippen LogP contribution in [0.15, 0.2) is 24.3 Å².